The molecule has 0 radical (unpaired) electrons. The molecule has 1 N–H and O–H groups in total. The summed E-state index contributed by atoms with van der Waals surface area (Å²) in [6, 6.07) is 8.86. The van der Waals surface area contributed by atoms with Gasteiger partial charge in [-0.25, -0.2) is 9.18 Å². The van der Waals surface area contributed by atoms with E-state index in [0.29, 0.717) is 20.4 Å². The summed E-state index contributed by atoms with van der Waals surface area (Å²) < 4.78 is 24.2. The molecule has 30 heavy (non-hydrogen) atoms. The maximum absolute atomic E-state index is 13.1. The summed E-state index contributed by atoms with van der Waals surface area (Å²) in [4.78, 5) is 37.1. The number of carbonyl (C=O) groups excluding carboxylic acids is 2. The minimum absolute atomic E-state index is 0.0467. The average molecular weight is 543 g/mol. The van der Waals surface area contributed by atoms with Crippen LogP contribution in [0, 0.1) is 9.39 Å². The Kier molecular flexibility index (Phi) is 6.98. The van der Waals surface area contributed by atoms with E-state index in [1.54, 1.807) is 18.2 Å². The number of carboxylic acid groups (broad SMARTS) is 1. The second-order valence-corrected chi connectivity index (χ2v) is 8.27. The van der Waals surface area contributed by atoms with E-state index in [-0.39, 0.29) is 17.2 Å². The topological polar surface area (TPSA) is 93.1 Å². The molecule has 2 aromatic carbocycles. The summed E-state index contributed by atoms with van der Waals surface area (Å²) in [6.07, 6.45) is 1.56. The highest BCUT2D eigenvalue weighted by Crippen LogP contribution is 2.37. The van der Waals surface area contributed by atoms with Gasteiger partial charge in [0.05, 0.1) is 22.1 Å². The van der Waals surface area contributed by atoms with Gasteiger partial charge in [-0.3, -0.25) is 14.5 Å². The third kappa shape index (κ3) is 5.11. The van der Waals surface area contributed by atoms with Crippen LogP contribution in [0.1, 0.15) is 11.1 Å². The number of carbonyl (C=O) groups is 3. The molecule has 0 bridgehead atoms. The molecule has 0 unspecified atom stereocenters. The summed E-state index contributed by atoms with van der Waals surface area (Å²) in [5.74, 6) is -1.38. The summed E-state index contributed by atoms with van der Waals surface area (Å²) in [5.41, 5.74) is 1.22. The maximum Gasteiger partial charge on any atom is 0.341 e. The van der Waals surface area contributed by atoms with Crippen LogP contribution in [0.25, 0.3) is 6.08 Å². The quantitative estimate of drug-likeness (QED) is 0.415. The summed E-state index contributed by atoms with van der Waals surface area (Å²) in [6.45, 7) is -0.473. The largest absolute Gasteiger partial charge is 0.493 e. The molecule has 1 aliphatic heterocycles. The van der Waals surface area contributed by atoms with Crippen molar-refractivity contribution in [3.63, 3.8) is 0 Å². The Bertz CT molecular complexity index is 1040. The van der Waals surface area contributed by atoms with Crippen molar-refractivity contribution < 1.29 is 33.4 Å². The van der Waals surface area contributed by atoms with E-state index in [2.05, 4.69) is 0 Å². The van der Waals surface area contributed by atoms with Gasteiger partial charge in [-0.05, 0) is 75.8 Å². The molecule has 0 aromatic heterocycles. The zero-order valence-corrected chi connectivity index (χ0v) is 18.5. The Morgan fingerprint density at radius 3 is 2.60 bits per heavy atom. The molecular formula is C20H15FINO6S. The number of carboxylic acids is 1. The van der Waals surface area contributed by atoms with Crippen molar-refractivity contribution in [1.82, 2.24) is 4.90 Å². The lowest BCUT2D eigenvalue weighted by Gasteiger charge is -2.13. The molecule has 1 heterocycles. The highest BCUT2D eigenvalue weighted by molar-refractivity contribution is 14.1. The molecule has 1 saturated heterocycles. The van der Waals surface area contributed by atoms with Gasteiger partial charge in [-0.15, -0.1) is 0 Å². The van der Waals surface area contributed by atoms with Crippen LogP contribution in [-0.2, 0) is 16.1 Å². The van der Waals surface area contributed by atoms with E-state index in [9.17, 15) is 18.8 Å². The van der Waals surface area contributed by atoms with Crippen LogP contribution >= 0.6 is 34.4 Å². The summed E-state index contributed by atoms with van der Waals surface area (Å²) >= 11 is 2.78. The van der Waals surface area contributed by atoms with Crippen molar-refractivity contribution in [2.45, 2.75) is 6.54 Å². The SMILES string of the molecule is COc1cc(/C=C2/SC(=O)N(Cc3ccc(F)cc3)C2=O)cc(I)c1OCC(=O)O. The third-order valence-electron chi connectivity index (χ3n) is 4.02. The van der Waals surface area contributed by atoms with Gasteiger partial charge < -0.3 is 14.6 Å². The van der Waals surface area contributed by atoms with Crippen LogP contribution in [0.4, 0.5) is 9.18 Å². The minimum Gasteiger partial charge on any atom is -0.493 e. The van der Waals surface area contributed by atoms with E-state index in [1.807, 2.05) is 22.6 Å². The Balaban J connectivity index is 1.83. The predicted molar refractivity (Wildman–Crippen MR) is 117 cm³/mol. The maximum atomic E-state index is 13.1. The standard InChI is InChI=1S/C20H15FINO6S/c1-28-15-7-12(6-14(22)18(15)29-10-17(24)25)8-16-19(26)23(20(27)30-16)9-11-2-4-13(21)5-3-11/h2-8H,9-10H2,1H3,(H,24,25)/b16-8+. The first kappa shape index (κ1) is 22.1. The van der Waals surface area contributed by atoms with Crippen molar-refractivity contribution >= 4 is 57.5 Å². The second-order valence-electron chi connectivity index (χ2n) is 6.11. The molecule has 2 amide bonds. The van der Waals surface area contributed by atoms with Crippen molar-refractivity contribution in [3.05, 3.63) is 61.8 Å². The van der Waals surface area contributed by atoms with Gasteiger partial charge in [0.15, 0.2) is 18.1 Å². The minimum atomic E-state index is -1.12. The summed E-state index contributed by atoms with van der Waals surface area (Å²) in [7, 11) is 1.42. The first-order valence-corrected chi connectivity index (χ1v) is 10.4. The van der Waals surface area contributed by atoms with E-state index < -0.39 is 29.5 Å². The number of rotatable bonds is 7. The molecule has 2 aromatic rings. The van der Waals surface area contributed by atoms with Crippen molar-refractivity contribution in [2.75, 3.05) is 13.7 Å². The van der Waals surface area contributed by atoms with Crippen LogP contribution in [-0.4, -0.2) is 40.8 Å². The van der Waals surface area contributed by atoms with Crippen molar-refractivity contribution in [1.29, 1.82) is 0 Å². The van der Waals surface area contributed by atoms with E-state index >= 15 is 0 Å². The van der Waals surface area contributed by atoms with Crippen LogP contribution < -0.4 is 9.47 Å². The normalized spacial score (nSPS) is 15.0. The number of hydrogen-bond acceptors (Lipinski definition) is 6. The molecule has 0 saturated carbocycles. The summed E-state index contributed by atoms with van der Waals surface area (Å²) in [5, 5.41) is 8.38. The molecule has 1 fully saturated rings. The van der Waals surface area contributed by atoms with Gasteiger partial charge in [0.1, 0.15) is 5.82 Å². The zero-order valence-electron chi connectivity index (χ0n) is 15.6. The third-order valence-corrected chi connectivity index (χ3v) is 5.73. The van der Waals surface area contributed by atoms with E-state index in [0.717, 1.165) is 16.7 Å². The molecule has 0 atom stereocenters. The number of imide groups is 1. The van der Waals surface area contributed by atoms with E-state index in [1.165, 1.54) is 31.4 Å². The average Bonchev–Trinajstić information content (AvgIpc) is 2.95. The number of aliphatic carboxylic acids is 1. The molecule has 7 nitrogen and oxygen atoms in total. The van der Waals surface area contributed by atoms with Gasteiger partial charge in [0, 0.05) is 0 Å². The van der Waals surface area contributed by atoms with E-state index in [4.69, 9.17) is 14.6 Å². The number of hydrogen-bond donors (Lipinski definition) is 1. The van der Waals surface area contributed by atoms with Crippen LogP contribution in [0.5, 0.6) is 11.5 Å². The zero-order chi connectivity index (χ0) is 21.8. The second kappa shape index (κ2) is 9.47. The Morgan fingerprint density at radius 2 is 1.97 bits per heavy atom. The lowest BCUT2D eigenvalue weighted by Crippen LogP contribution is -2.27. The first-order valence-electron chi connectivity index (χ1n) is 8.50. The number of methoxy groups -OCH3 is 1. The molecule has 3 rings (SSSR count). The number of amides is 2. The fourth-order valence-electron chi connectivity index (χ4n) is 2.66. The fraction of sp³-hybridized carbons (Fsp3) is 0.150. The Hall–Kier alpha value is -2.60. The van der Waals surface area contributed by atoms with Gasteiger partial charge in [-0.2, -0.15) is 0 Å². The van der Waals surface area contributed by atoms with Crippen molar-refractivity contribution in [3.8, 4) is 11.5 Å². The molecular weight excluding hydrogens is 528 g/mol. The number of ether oxygens (including phenoxy) is 2. The lowest BCUT2D eigenvalue weighted by atomic mass is 10.1. The number of nitrogens with zero attached hydrogens (tertiary/aromatic N) is 1. The van der Waals surface area contributed by atoms with Crippen LogP contribution in [0.2, 0.25) is 0 Å². The van der Waals surface area contributed by atoms with Gasteiger partial charge >= 0.3 is 5.97 Å². The number of thioether (sulfide) groups is 1. The van der Waals surface area contributed by atoms with Crippen LogP contribution in [0.15, 0.2) is 41.3 Å². The molecule has 10 heteroatoms. The number of halogens is 2. The lowest BCUT2D eigenvalue weighted by molar-refractivity contribution is -0.139. The van der Waals surface area contributed by atoms with Gasteiger partial charge in [-0.1, -0.05) is 12.1 Å². The number of benzene rings is 2. The predicted octanol–water partition coefficient (Wildman–Crippen LogP) is 4.14. The molecule has 0 spiro atoms. The highest BCUT2D eigenvalue weighted by Gasteiger charge is 2.35. The molecule has 0 aliphatic carbocycles. The first-order chi connectivity index (χ1) is 14.3. The molecule has 156 valence electrons. The smallest absolute Gasteiger partial charge is 0.341 e. The monoisotopic (exact) mass is 543 g/mol. The Labute approximate surface area is 189 Å². The molecule has 1 aliphatic rings. The Morgan fingerprint density at radius 1 is 1.27 bits per heavy atom. The van der Waals surface area contributed by atoms with Gasteiger partial charge in [0.2, 0.25) is 0 Å². The fourth-order valence-corrected chi connectivity index (χ4v) is 4.28. The van der Waals surface area contributed by atoms with Gasteiger partial charge in [0.25, 0.3) is 11.1 Å². The van der Waals surface area contributed by atoms with Crippen molar-refractivity contribution in [2.24, 2.45) is 0 Å². The highest BCUT2D eigenvalue weighted by atomic mass is 127. The van der Waals surface area contributed by atoms with Crippen LogP contribution in [0.3, 0.4) is 0 Å².